The molecule has 1 saturated carbocycles. The predicted octanol–water partition coefficient (Wildman–Crippen LogP) is 2.59. The van der Waals surface area contributed by atoms with Gasteiger partial charge in [-0.3, -0.25) is 0 Å². The van der Waals surface area contributed by atoms with Crippen molar-refractivity contribution in [2.24, 2.45) is 17.1 Å². The number of aliphatic hydroxyl groups is 1. The van der Waals surface area contributed by atoms with Crippen LogP contribution >= 0.6 is 0 Å². The van der Waals surface area contributed by atoms with Crippen LogP contribution in [0.3, 0.4) is 0 Å². The topological polar surface area (TPSA) is 46.2 Å². The Balaban J connectivity index is 2.19. The molecule has 1 fully saturated rings. The van der Waals surface area contributed by atoms with Gasteiger partial charge in [-0.15, -0.1) is 0 Å². The lowest BCUT2D eigenvalue weighted by atomic mass is 9.63. The Kier molecular flexibility index (Phi) is 3.64. The molecule has 1 atom stereocenters. The van der Waals surface area contributed by atoms with Crippen LogP contribution in [0, 0.1) is 11.3 Å². The Bertz CT molecular complexity index is 343. The molecule has 0 heterocycles. The van der Waals surface area contributed by atoms with Gasteiger partial charge in [-0.1, -0.05) is 0 Å². The van der Waals surface area contributed by atoms with E-state index in [-0.39, 0.29) is 29.6 Å². The van der Waals surface area contributed by atoms with Gasteiger partial charge in [0.1, 0.15) is 11.7 Å². The molecule has 0 bridgehead atoms. The summed E-state index contributed by atoms with van der Waals surface area (Å²) in [5.74, 6) is -1.01. The largest absolute Gasteiger partial charge is 0.393 e. The Morgan fingerprint density at radius 3 is 2.53 bits per heavy atom. The van der Waals surface area contributed by atoms with E-state index in [0.29, 0.717) is 32.2 Å². The quantitative estimate of drug-likeness (QED) is 0.783. The first-order chi connectivity index (χ1) is 8.07. The van der Waals surface area contributed by atoms with Crippen molar-refractivity contribution >= 4 is 0 Å². The molecule has 0 saturated heterocycles. The number of halogens is 2. The van der Waals surface area contributed by atoms with Crippen molar-refractivity contribution in [3.8, 4) is 0 Å². The van der Waals surface area contributed by atoms with Gasteiger partial charge in [-0.05, 0) is 49.8 Å². The van der Waals surface area contributed by atoms with E-state index in [9.17, 15) is 13.9 Å². The van der Waals surface area contributed by atoms with E-state index >= 15 is 0 Å². The fraction of sp³-hybridized carbons (Fsp3) is 0.692. The van der Waals surface area contributed by atoms with Crippen LogP contribution in [-0.4, -0.2) is 17.8 Å². The summed E-state index contributed by atoms with van der Waals surface area (Å²) in [5.41, 5.74) is 5.42. The van der Waals surface area contributed by atoms with Crippen LogP contribution in [0.1, 0.15) is 32.1 Å². The standard InChI is InChI=1S/C13H19F2NO/c14-9-1-2-12(15)11(7-9)13(8-16)5-3-10(17)4-6-13/h1-2,10-11,17H,3-8,16H2. The highest BCUT2D eigenvalue weighted by Crippen LogP contribution is 2.48. The molecule has 0 aromatic rings. The number of hydrogen-bond acceptors (Lipinski definition) is 2. The fourth-order valence-corrected chi connectivity index (χ4v) is 3.03. The van der Waals surface area contributed by atoms with Crippen LogP contribution in [0.2, 0.25) is 0 Å². The molecule has 0 spiro atoms. The second kappa shape index (κ2) is 4.86. The summed E-state index contributed by atoms with van der Waals surface area (Å²) in [6.07, 6.45) is 4.80. The Hall–Kier alpha value is -0.740. The van der Waals surface area contributed by atoms with Crippen molar-refractivity contribution in [1.82, 2.24) is 0 Å². The maximum atomic E-state index is 13.9. The molecule has 1 unspecified atom stereocenters. The number of aliphatic hydroxyl groups excluding tert-OH is 1. The summed E-state index contributed by atoms with van der Waals surface area (Å²) in [5, 5.41) is 9.52. The lowest BCUT2D eigenvalue weighted by Gasteiger charge is -2.44. The zero-order chi connectivity index (χ0) is 12.5. The van der Waals surface area contributed by atoms with Crippen LogP contribution in [0.15, 0.2) is 23.8 Å². The van der Waals surface area contributed by atoms with Gasteiger partial charge in [0.15, 0.2) is 0 Å². The molecule has 0 aromatic carbocycles. The molecular weight excluding hydrogens is 224 g/mol. The Labute approximate surface area is 100 Å². The summed E-state index contributed by atoms with van der Waals surface area (Å²) in [6, 6.07) is 0. The van der Waals surface area contributed by atoms with Crippen molar-refractivity contribution in [2.45, 2.75) is 38.2 Å². The van der Waals surface area contributed by atoms with Crippen molar-refractivity contribution in [3.63, 3.8) is 0 Å². The van der Waals surface area contributed by atoms with E-state index < -0.39 is 5.92 Å². The predicted molar refractivity (Wildman–Crippen MR) is 62.5 cm³/mol. The van der Waals surface area contributed by atoms with Crippen LogP contribution in [-0.2, 0) is 0 Å². The monoisotopic (exact) mass is 243 g/mol. The normalized spacial score (nSPS) is 38.6. The molecule has 0 radical (unpaired) electrons. The molecule has 0 amide bonds. The van der Waals surface area contributed by atoms with Crippen LogP contribution in [0.5, 0.6) is 0 Å². The third-order valence-corrected chi connectivity index (χ3v) is 4.25. The van der Waals surface area contributed by atoms with Crippen molar-refractivity contribution in [2.75, 3.05) is 6.54 Å². The van der Waals surface area contributed by atoms with Gasteiger partial charge in [0, 0.05) is 12.3 Å². The second-order valence-corrected chi connectivity index (χ2v) is 5.22. The SMILES string of the molecule is NCC1(C2CC(F)=CC=C2F)CCC(O)CC1. The lowest BCUT2D eigenvalue weighted by molar-refractivity contribution is 0.0320. The third kappa shape index (κ3) is 2.43. The van der Waals surface area contributed by atoms with Crippen molar-refractivity contribution in [1.29, 1.82) is 0 Å². The maximum absolute atomic E-state index is 13.9. The van der Waals surface area contributed by atoms with Gasteiger partial charge in [-0.25, -0.2) is 8.78 Å². The molecule has 96 valence electrons. The van der Waals surface area contributed by atoms with E-state index in [0.717, 1.165) is 0 Å². The lowest BCUT2D eigenvalue weighted by Crippen LogP contribution is -2.43. The molecular formula is C13H19F2NO. The van der Waals surface area contributed by atoms with E-state index in [1.807, 2.05) is 0 Å². The highest BCUT2D eigenvalue weighted by molar-refractivity contribution is 5.22. The molecule has 4 heteroatoms. The van der Waals surface area contributed by atoms with Crippen LogP contribution < -0.4 is 5.73 Å². The molecule has 2 rings (SSSR count). The van der Waals surface area contributed by atoms with Crippen molar-refractivity contribution < 1.29 is 13.9 Å². The van der Waals surface area contributed by atoms with Gasteiger partial charge in [0.25, 0.3) is 0 Å². The number of hydrogen-bond donors (Lipinski definition) is 2. The fourth-order valence-electron chi connectivity index (χ4n) is 3.03. The molecule has 3 N–H and O–H groups in total. The van der Waals surface area contributed by atoms with Crippen molar-refractivity contribution in [3.05, 3.63) is 23.8 Å². The first-order valence-electron chi connectivity index (χ1n) is 6.17. The maximum Gasteiger partial charge on any atom is 0.104 e. The van der Waals surface area contributed by atoms with Crippen LogP contribution in [0.4, 0.5) is 8.78 Å². The number of allylic oxidation sites excluding steroid dienone is 4. The zero-order valence-corrected chi connectivity index (χ0v) is 9.83. The highest BCUT2D eigenvalue weighted by Gasteiger charge is 2.43. The third-order valence-electron chi connectivity index (χ3n) is 4.25. The summed E-state index contributed by atoms with van der Waals surface area (Å²) in [4.78, 5) is 0. The highest BCUT2D eigenvalue weighted by atomic mass is 19.1. The Morgan fingerprint density at radius 2 is 1.94 bits per heavy atom. The molecule has 0 aliphatic heterocycles. The van der Waals surface area contributed by atoms with E-state index in [1.165, 1.54) is 12.2 Å². The van der Waals surface area contributed by atoms with E-state index in [1.54, 1.807) is 0 Å². The molecule has 2 aliphatic rings. The summed E-state index contributed by atoms with van der Waals surface area (Å²) >= 11 is 0. The molecule has 2 aliphatic carbocycles. The molecule has 0 aromatic heterocycles. The second-order valence-electron chi connectivity index (χ2n) is 5.22. The minimum atomic E-state index is -0.454. The van der Waals surface area contributed by atoms with Crippen LogP contribution in [0.25, 0.3) is 0 Å². The van der Waals surface area contributed by atoms with Gasteiger partial charge < -0.3 is 10.8 Å². The van der Waals surface area contributed by atoms with Gasteiger partial charge in [0.05, 0.1) is 6.10 Å². The van der Waals surface area contributed by atoms with E-state index in [4.69, 9.17) is 5.73 Å². The van der Waals surface area contributed by atoms with Gasteiger partial charge >= 0.3 is 0 Å². The first kappa shape index (κ1) is 12.7. The van der Waals surface area contributed by atoms with E-state index in [2.05, 4.69) is 0 Å². The smallest absolute Gasteiger partial charge is 0.104 e. The minimum absolute atomic E-state index is 0.107. The molecule has 2 nitrogen and oxygen atoms in total. The number of rotatable bonds is 2. The zero-order valence-electron chi connectivity index (χ0n) is 9.83. The first-order valence-corrected chi connectivity index (χ1v) is 6.17. The summed E-state index contributed by atoms with van der Waals surface area (Å²) in [7, 11) is 0. The number of nitrogens with two attached hydrogens (primary N) is 1. The van der Waals surface area contributed by atoms with Gasteiger partial charge in [0.2, 0.25) is 0 Å². The summed E-state index contributed by atoms with van der Waals surface area (Å²) in [6.45, 7) is 0.346. The Morgan fingerprint density at radius 1 is 1.29 bits per heavy atom. The van der Waals surface area contributed by atoms with Gasteiger partial charge in [-0.2, -0.15) is 0 Å². The average Bonchev–Trinajstić information content (AvgIpc) is 2.34. The minimum Gasteiger partial charge on any atom is -0.393 e. The average molecular weight is 243 g/mol. The summed E-state index contributed by atoms with van der Waals surface area (Å²) < 4.78 is 27.2. The molecule has 17 heavy (non-hydrogen) atoms.